The lowest BCUT2D eigenvalue weighted by atomic mass is 9.97. The second-order valence-electron chi connectivity index (χ2n) is 3.37. The molecule has 5 heteroatoms. The highest BCUT2D eigenvalue weighted by atomic mass is 19.2. The molecule has 0 radical (unpaired) electrons. The fourth-order valence-electron chi connectivity index (χ4n) is 1.05. The minimum Gasteiger partial charge on any atom is -0.294 e. The van der Waals surface area contributed by atoms with Crippen LogP contribution in [0.4, 0.5) is 13.2 Å². The van der Waals surface area contributed by atoms with Crippen LogP contribution in [-0.2, 0) is 10.4 Å². The van der Waals surface area contributed by atoms with Crippen molar-refractivity contribution >= 4 is 0 Å². The van der Waals surface area contributed by atoms with Gasteiger partial charge in [0.2, 0.25) is 0 Å². The molecule has 0 amide bonds. The highest BCUT2D eigenvalue weighted by Gasteiger charge is 2.26. The summed E-state index contributed by atoms with van der Waals surface area (Å²) in [6.45, 7) is 2.89. The van der Waals surface area contributed by atoms with Crippen molar-refractivity contribution in [2.24, 2.45) is 5.90 Å². The van der Waals surface area contributed by atoms with E-state index in [0.717, 1.165) is 6.07 Å². The van der Waals surface area contributed by atoms with E-state index in [1.54, 1.807) is 0 Å². The molecule has 78 valence electrons. The number of rotatable bonds is 2. The molecular formula is C9H10F3NO. The zero-order valence-corrected chi connectivity index (χ0v) is 7.77. The predicted octanol–water partition coefficient (Wildman–Crippen LogP) is 2.23. The van der Waals surface area contributed by atoms with E-state index < -0.39 is 23.1 Å². The Balaban J connectivity index is 3.29. The van der Waals surface area contributed by atoms with E-state index in [-0.39, 0.29) is 5.56 Å². The Morgan fingerprint density at radius 3 is 2.07 bits per heavy atom. The third-order valence-electron chi connectivity index (χ3n) is 1.95. The Kier molecular flexibility index (Phi) is 2.82. The van der Waals surface area contributed by atoms with Gasteiger partial charge in [-0.1, -0.05) is 0 Å². The highest BCUT2D eigenvalue weighted by molar-refractivity contribution is 5.25. The molecule has 1 rings (SSSR count). The molecule has 0 unspecified atom stereocenters. The first-order chi connectivity index (χ1) is 6.38. The maximum absolute atomic E-state index is 13.2. The molecule has 14 heavy (non-hydrogen) atoms. The Morgan fingerprint density at radius 1 is 1.07 bits per heavy atom. The van der Waals surface area contributed by atoms with Gasteiger partial charge in [0.05, 0.1) is 0 Å². The van der Waals surface area contributed by atoms with E-state index in [4.69, 9.17) is 5.90 Å². The van der Waals surface area contributed by atoms with Crippen molar-refractivity contribution in [3.63, 3.8) is 0 Å². The van der Waals surface area contributed by atoms with Crippen LogP contribution in [0.5, 0.6) is 0 Å². The molecule has 2 N–H and O–H groups in total. The monoisotopic (exact) mass is 205 g/mol. The Morgan fingerprint density at radius 2 is 1.57 bits per heavy atom. The molecule has 0 aliphatic rings. The second-order valence-corrected chi connectivity index (χ2v) is 3.37. The Bertz CT molecular complexity index is 352. The van der Waals surface area contributed by atoms with Crippen LogP contribution < -0.4 is 5.90 Å². The minimum atomic E-state index is -1.24. The fourth-order valence-corrected chi connectivity index (χ4v) is 1.05. The predicted molar refractivity (Wildman–Crippen MR) is 44.6 cm³/mol. The van der Waals surface area contributed by atoms with Crippen molar-refractivity contribution in [1.82, 2.24) is 0 Å². The Labute approximate surface area is 79.4 Å². The summed E-state index contributed by atoms with van der Waals surface area (Å²) in [4.78, 5) is 4.47. The lowest BCUT2D eigenvalue weighted by molar-refractivity contribution is -0.0263. The second kappa shape index (κ2) is 3.59. The smallest absolute Gasteiger partial charge is 0.161 e. The normalized spacial score (nSPS) is 11.9. The molecule has 2 nitrogen and oxygen atoms in total. The van der Waals surface area contributed by atoms with Gasteiger partial charge < -0.3 is 0 Å². The summed E-state index contributed by atoms with van der Waals surface area (Å²) in [7, 11) is 0. The number of benzene rings is 1. The third kappa shape index (κ3) is 1.88. The van der Waals surface area contributed by atoms with Crippen LogP contribution in [0, 0.1) is 17.5 Å². The number of hydrogen-bond donors (Lipinski definition) is 1. The maximum Gasteiger partial charge on any atom is 0.161 e. The Hall–Kier alpha value is -1.07. The molecule has 0 aromatic heterocycles. The molecule has 0 saturated carbocycles. The van der Waals surface area contributed by atoms with Crippen molar-refractivity contribution in [1.29, 1.82) is 0 Å². The highest BCUT2D eigenvalue weighted by Crippen LogP contribution is 2.27. The maximum atomic E-state index is 13.2. The van der Waals surface area contributed by atoms with Crippen molar-refractivity contribution in [3.05, 3.63) is 35.1 Å². The fraction of sp³-hybridized carbons (Fsp3) is 0.333. The van der Waals surface area contributed by atoms with E-state index in [2.05, 4.69) is 4.84 Å². The van der Waals surface area contributed by atoms with Gasteiger partial charge in [-0.3, -0.25) is 4.84 Å². The van der Waals surface area contributed by atoms with E-state index >= 15 is 0 Å². The summed E-state index contributed by atoms with van der Waals surface area (Å²) in [6.07, 6.45) is 0. The standard InChI is InChI=1S/C9H10F3NO/c1-9(2,14-13)5-3-7(11)8(12)4-6(5)10/h3-4H,13H2,1-2H3. The van der Waals surface area contributed by atoms with Gasteiger partial charge in [-0.05, 0) is 19.9 Å². The summed E-state index contributed by atoms with van der Waals surface area (Å²) in [5.41, 5.74) is -1.32. The molecule has 1 aromatic carbocycles. The van der Waals surface area contributed by atoms with Crippen molar-refractivity contribution < 1.29 is 18.0 Å². The van der Waals surface area contributed by atoms with Crippen LogP contribution in [0.1, 0.15) is 19.4 Å². The van der Waals surface area contributed by atoms with Crippen molar-refractivity contribution in [2.45, 2.75) is 19.4 Å². The quantitative estimate of drug-likeness (QED) is 0.593. The van der Waals surface area contributed by atoms with Gasteiger partial charge in [0.15, 0.2) is 11.6 Å². The largest absolute Gasteiger partial charge is 0.294 e. The molecule has 0 heterocycles. The van der Waals surface area contributed by atoms with E-state index in [9.17, 15) is 13.2 Å². The summed E-state index contributed by atoms with van der Waals surface area (Å²) >= 11 is 0. The van der Waals surface area contributed by atoms with Gasteiger partial charge in [-0.25, -0.2) is 19.1 Å². The summed E-state index contributed by atoms with van der Waals surface area (Å²) < 4.78 is 38.5. The zero-order valence-electron chi connectivity index (χ0n) is 7.77. The molecule has 0 aliphatic carbocycles. The molecule has 1 aromatic rings. The number of hydrogen-bond acceptors (Lipinski definition) is 2. The summed E-state index contributed by atoms with van der Waals surface area (Å²) in [5.74, 6) is 1.65. The lowest BCUT2D eigenvalue weighted by Crippen LogP contribution is -2.27. The average Bonchev–Trinajstić information content (AvgIpc) is 2.11. The van der Waals surface area contributed by atoms with Crippen LogP contribution in [0.3, 0.4) is 0 Å². The van der Waals surface area contributed by atoms with Gasteiger partial charge in [-0.15, -0.1) is 0 Å². The number of nitrogens with two attached hydrogens (primary N) is 1. The summed E-state index contributed by atoms with van der Waals surface area (Å²) in [5, 5.41) is 0. The molecule has 0 saturated heterocycles. The van der Waals surface area contributed by atoms with Crippen molar-refractivity contribution in [3.8, 4) is 0 Å². The molecule has 0 atom stereocenters. The molecule has 0 fully saturated rings. The third-order valence-corrected chi connectivity index (χ3v) is 1.95. The van der Waals surface area contributed by atoms with Crippen LogP contribution in [0.25, 0.3) is 0 Å². The first-order valence-corrected chi connectivity index (χ1v) is 3.91. The molecule has 0 bridgehead atoms. The number of halogens is 3. The van der Waals surface area contributed by atoms with Gasteiger partial charge in [0.1, 0.15) is 11.4 Å². The van der Waals surface area contributed by atoms with Gasteiger partial charge in [0.25, 0.3) is 0 Å². The average molecular weight is 205 g/mol. The van der Waals surface area contributed by atoms with Crippen LogP contribution in [0.2, 0.25) is 0 Å². The van der Waals surface area contributed by atoms with E-state index in [1.807, 2.05) is 0 Å². The van der Waals surface area contributed by atoms with Crippen LogP contribution >= 0.6 is 0 Å². The van der Waals surface area contributed by atoms with E-state index in [0.29, 0.717) is 6.07 Å². The minimum absolute atomic E-state index is 0.126. The molecular weight excluding hydrogens is 195 g/mol. The van der Waals surface area contributed by atoms with Crippen LogP contribution in [-0.4, -0.2) is 0 Å². The van der Waals surface area contributed by atoms with E-state index in [1.165, 1.54) is 13.8 Å². The van der Waals surface area contributed by atoms with Crippen molar-refractivity contribution in [2.75, 3.05) is 0 Å². The SMILES string of the molecule is CC(C)(ON)c1cc(F)c(F)cc1F. The van der Waals surface area contributed by atoms with Crippen LogP contribution in [0.15, 0.2) is 12.1 Å². The first-order valence-electron chi connectivity index (χ1n) is 3.91. The topological polar surface area (TPSA) is 35.2 Å². The zero-order chi connectivity index (χ0) is 10.9. The van der Waals surface area contributed by atoms with Gasteiger partial charge >= 0.3 is 0 Å². The first kappa shape index (κ1) is 11.0. The molecule has 0 aliphatic heterocycles. The molecule has 0 spiro atoms. The van der Waals surface area contributed by atoms with Gasteiger partial charge in [-0.2, -0.15) is 0 Å². The lowest BCUT2D eigenvalue weighted by Gasteiger charge is -2.22. The van der Waals surface area contributed by atoms with Gasteiger partial charge in [0, 0.05) is 11.6 Å². The summed E-state index contributed by atoms with van der Waals surface area (Å²) in [6, 6.07) is 1.20.